The summed E-state index contributed by atoms with van der Waals surface area (Å²) in [6.07, 6.45) is 3.47. The van der Waals surface area contributed by atoms with Gasteiger partial charge >= 0.3 is 5.97 Å². The van der Waals surface area contributed by atoms with Crippen molar-refractivity contribution in [1.82, 2.24) is 9.88 Å². The van der Waals surface area contributed by atoms with E-state index >= 15 is 0 Å². The highest BCUT2D eigenvalue weighted by Gasteiger charge is 2.08. The van der Waals surface area contributed by atoms with Crippen LogP contribution in [0.4, 0.5) is 0 Å². The number of carbonyl (C=O) groups is 1. The fraction of sp³-hybridized carbons (Fsp3) is 0.471. The third-order valence-corrected chi connectivity index (χ3v) is 3.85. The Bertz CT molecular complexity index is 600. The minimum Gasteiger partial charge on any atom is -0.426 e. The predicted molar refractivity (Wildman–Crippen MR) is 85.7 cm³/mol. The summed E-state index contributed by atoms with van der Waals surface area (Å²) in [5.74, 6) is 0.397. The SMILES string of the molecule is CCC(=O)Oc1ccc2c(CCN(CC)CC)c[nH]c2c1. The van der Waals surface area contributed by atoms with Gasteiger partial charge in [0, 0.05) is 36.1 Å². The zero-order valence-corrected chi connectivity index (χ0v) is 13.1. The first kappa shape index (κ1) is 15.6. The number of H-pyrrole nitrogens is 1. The van der Waals surface area contributed by atoms with E-state index < -0.39 is 0 Å². The van der Waals surface area contributed by atoms with Gasteiger partial charge in [-0.25, -0.2) is 0 Å². The molecule has 21 heavy (non-hydrogen) atoms. The molecule has 0 amide bonds. The Labute approximate surface area is 126 Å². The van der Waals surface area contributed by atoms with Crippen LogP contribution in [0.15, 0.2) is 24.4 Å². The smallest absolute Gasteiger partial charge is 0.310 e. The topological polar surface area (TPSA) is 45.3 Å². The standard InChI is InChI=1S/C17H24N2O2/c1-4-17(20)21-14-7-8-15-13(12-18-16(15)11-14)9-10-19(5-2)6-3/h7-8,11-12,18H,4-6,9-10H2,1-3H3. The third kappa shape index (κ3) is 3.85. The summed E-state index contributed by atoms with van der Waals surface area (Å²) < 4.78 is 5.25. The minimum atomic E-state index is -0.206. The van der Waals surface area contributed by atoms with Crippen LogP contribution in [0.5, 0.6) is 5.75 Å². The zero-order chi connectivity index (χ0) is 15.2. The van der Waals surface area contributed by atoms with Crippen molar-refractivity contribution in [2.75, 3.05) is 19.6 Å². The van der Waals surface area contributed by atoms with Crippen LogP contribution in [0.25, 0.3) is 10.9 Å². The Hall–Kier alpha value is -1.81. The number of aromatic amines is 1. The molecule has 1 N–H and O–H groups in total. The number of aromatic nitrogens is 1. The molecular formula is C17H24N2O2. The molecule has 1 aromatic carbocycles. The number of nitrogens with one attached hydrogen (secondary N) is 1. The molecule has 0 bridgehead atoms. The van der Waals surface area contributed by atoms with Crippen LogP contribution in [0, 0.1) is 0 Å². The Balaban J connectivity index is 2.11. The van der Waals surface area contributed by atoms with Crippen LogP contribution in [0.1, 0.15) is 32.8 Å². The van der Waals surface area contributed by atoms with Gasteiger partial charge in [0.15, 0.2) is 0 Å². The van der Waals surface area contributed by atoms with Gasteiger partial charge in [-0.1, -0.05) is 20.8 Å². The molecule has 2 rings (SSSR count). The van der Waals surface area contributed by atoms with Gasteiger partial charge in [-0.15, -0.1) is 0 Å². The number of rotatable bonds is 7. The average molecular weight is 288 g/mol. The van der Waals surface area contributed by atoms with Crippen molar-refractivity contribution in [3.8, 4) is 5.75 Å². The molecule has 0 radical (unpaired) electrons. The Morgan fingerprint density at radius 3 is 2.67 bits per heavy atom. The molecule has 0 saturated carbocycles. The normalized spacial score (nSPS) is 11.2. The summed E-state index contributed by atoms with van der Waals surface area (Å²) >= 11 is 0. The second-order valence-corrected chi connectivity index (χ2v) is 5.13. The molecule has 0 aliphatic carbocycles. The lowest BCUT2D eigenvalue weighted by atomic mass is 10.1. The van der Waals surface area contributed by atoms with E-state index in [9.17, 15) is 4.79 Å². The van der Waals surface area contributed by atoms with Crippen LogP contribution < -0.4 is 4.74 Å². The first-order chi connectivity index (χ1) is 10.2. The van der Waals surface area contributed by atoms with Gasteiger partial charge in [0.25, 0.3) is 0 Å². The number of ether oxygens (including phenoxy) is 1. The minimum absolute atomic E-state index is 0.206. The highest BCUT2D eigenvalue weighted by atomic mass is 16.5. The van der Waals surface area contributed by atoms with Crippen LogP contribution in [0.2, 0.25) is 0 Å². The van der Waals surface area contributed by atoms with Gasteiger partial charge in [-0.3, -0.25) is 4.79 Å². The number of benzene rings is 1. The van der Waals surface area contributed by atoms with Crippen LogP contribution in [-0.2, 0) is 11.2 Å². The Morgan fingerprint density at radius 1 is 1.24 bits per heavy atom. The van der Waals surface area contributed by atoms with E-state index in [0.717, 1.165) is 31.6 Å². The second kappa shape index (κ2) is 7.27. The molecule has 4 heteroatoms. The highest BCUT2D eigenvalue weighted by molar-refractivity contribution is 5.85. The summed E-state index contributed by atoms with van der Waals surface area (Å²) in [4.78, 5) is 17.0. The van der Waals surface area contributed by atoms with E-state index in [0.29, 0.717) is 12.2 Å². The maximum atomic E-state index is 11.3. The zero-order valence-electron chi connectivity index (χ0n) is 13.1. The second-order valence-electron chi connectivity index (χ2n) is 5.13. The van der Waals surface area contributed by atoms with Crippen molar-refractivity contribution in [3.05, 3.63) is 30.0 Å². The van der Waals surface area contributed by atoms with E-state index in [1.54, 1.807) is 6.92 Å². The van der Waals surface area contributed by atoms with Gasteiger partial charge in [0.2, 0.25) is 0 Å². The monoisotopic (exact) mass is 288 g/mol. The van der Waals surface area contributed by atoms with Crippen molar-refractivity contribution in [3.63, 3.8) is 0 Å². The van der Waals surface area contributed by atoms with E-state index in [-0.39, 0.29) is 5.97 Å². The molecule has 0 atom stereocenters. The summed E-state index contributed by atoms with van der Waals surface area (Å²) in [7, 11) is 0. The molecule has 2 aromatic rings. The molecule has 0 aliphatic heterocycles. The van der Waals surface area contributed by atoms with E-state index in [1.807, 2.05) is 18.2 Å². The molecule has 0 unspecified atom stereocenters. The van der Waals surface area contributed by atoms with E-state index in [4.69, 9.17) is 4.74 Å². The van der Waals surface area contributed by atoms with Crippen molar-refractivity contribution in [2.45, 2.75) is 33.6 Å². The van der Waals surface area contributed by atoms with Crippen LogP contribution in [0.3, 0.4) is 0 Å². The fourth-order valence-electron chi connectivity index (χ4n) is 2.46. The van der Waals surface area contributed by atoms with Gasteiger partial charge in [0.1, 0.15) is 5.75 Å². The quantitative estimate of drug-likeness (QED) is 0.627. The number of carbonyl (C=O) groups excluding carboxylic acids is 1. The molecule has 114 valence electrons. The Kier molecular flexibility index (Phi) is 5.39. The van der Waals surface area contributed by atoms with E-state index in [1.165, 1.54) is 10.9 Å². The number of esters is 1. The third-order valence-electron chi connectivity index (χ3n) is 3.85. The molecule has 0 spiro atoms. The van der Waals surface area contributed by atoms with Crippen molar-refractivity contribution in [2.24, 2.45) is 0 Å². The van der Waals surface area contributed by atoms with Gasteiger partial charge in [-0.05, 0) is 37.2 Å². The molecule has 4 nitrogen and oxygen atoms in total. The maximum absolute atomic E-state index is 11.3. The lowest BCUT2D eigenvalue weighted by Gasteiger charge is -2.17. The van der Waals surface area contributed by atoms with Crippen LogP contribution in [-0.4, -0.2) is 35.5 Å². The first-order valence-electron chi connectivity index (χ1n) is 7.70. The fourth-order valence-corrected chi connectivity index (χ4v) is 2.46. The number of hydrogen-bond donors (Lipinski definition) is 1. The van der Waals surface area contributed by atoms with Gasteiger partial charge < -0.3 is 14.6 Å². The predicted octanol–water partition coefficient (Wildman–Crippen LogP) is 3.37. The maximum Gasteiger partial charge on any atom is 0.310 e. The number of likely N-dealkylation sites (N-methyl/N-ethyl adjacent to an activating group) is 1. The number of fused-ring (bicyclic) bond motifs is 1. The van der Waals surface area contributed by atoms with Gasteiger partial charge in [0.05, 0.1) is 0 Å². The molecule has 0 aliphatic rings. The molecule has 1 aromatic heterocycles. The van der Waals surface area contributed by atoms with Crippen molar-refractivity contribution >= 4 is 16.9 Å². The lowest BCUT2D eigenvalue weighted by Crippen LogP contribution is -2.25. The van der Waals surface area contributed by atoms with Crippen LogP contribution >= 0.6 is 0 Å². The first-order valence-corrected chi connectivity index (χ1v) is 7.70. The van der Waals surface area contributed by atoms with Crippen molar-refractivity contribution in [1.29, 1.82) is 0 Å². The summed E-state index contributed by atoms with van der Waals surface area (Å²) in [6, 6.07) is 5.79. The lowest BCUT2D eigenvalue weighted by molar-refractivity contribution is -0.134. The Morgan fingerprint density at radius 2 is 2.00 bits per heavy atom. The van der Waals surface area contributed by atoms with Crippen molar-refractivity contribution < 1.29 is 9.53 Å². The number of hydrogen-bond acceptors (Lipinski definition) is 3. The summed E-state index contributed by atoms with van der Waals surface area (Å²) in [6.45, 7) is 9.39. The molecule has 0 fully saturated rings. The summed E-state index contributed by atoms with van der Waals surface area (Å²) in [5.41, 5.74) is 2.33. The molecular weight excluding hydrogens is 264 g/mol. The van der Waals surface area contributed by atoms with E-state index in [2.05, 4.69) is 29.9 Å². The molecule has 0 saturated heterocycles. The highest BCUT2D eigenvalue weighted by Crippen LogP contribution is 2.24. The number of nitrogens with zero attached hydrogens (tertiary/aromatic N) is 1. The summed E-state index contributed by atoms with van der Waals surface area (Å²) in [5, 5.41) is 1.21. The largest absolute Gasteiger partial charge is 0.426 e. The van der Waals surface area contributed by atoms with Gasteiger partial charge in [-0.2, -0.15) is 0 Å². The molecule has 1 heterocycles. The average Bonchev–Trinajstić information content (AvgIpc) is 2.90.